The zero-order chi connectivity index (χ0) is 27.4. The number of hydrogen-bond donors (Lipinski definition) is 2. The van der Waals surface area contributed by atoms with E-state index in [1.165, 1.54) is 12.1 Å². The molecule has 38 heavy (non-hydrogen) atoms. The topological polar surface area (TPSA) is 59.1 Å². The Bertz CT molecular complexity index is 1140. The van der Waals surface area contributed by atoms with Crippen LogP contribution in [0.2, 0.25) is 5.02 Å². The molecule has 2 aromatic rings. The molecule has 0 unspecified atom stereocenters. The molecule has 2 saturated heterocycles. The van der Waals surface area contributed by atoms with E-state index >= 15 is 0 Å². The number of anilines is 2. The molecule has 6 nitrogen and oxygen atoms in total. The van der Waals surface area contributed by atoms with E-state index in [1.54, 1.807) is 23.1 Å². The maximum atomic E-state index is 14.9. The third-order valence-corrected chi connectivity index (χ3v) is 7.15. The van der Waals surface area contributed by atoms with E-state index in [0.29, 0.717) is 62.1 Å². The summed E-state index contributed by atoms with van der Waals surface area (Å²) in [5, 5.41) is 12.8. The average Bonchev–Trinajstić information content (AvgIpc) is 2.86. The maximum absolute atomic E-state index is 14.9. The van der Waals surface area contributed by atoms with Gasteiger partial charge in [0.05, 0.1) is 29.5 Å². The van der Waals surface area contributed by atoms with E-state index in [0.717, 1.165) is 6.42 Å². The molecule has 0 aliphatic carbocycles. The normalized spacial score (nSPS) is 19.6. The molecule has 0 spiro atoms. The molecule has 0 bridgehead atoms. The van der Waals surface area contributed by atoms with Crippen LogP contribution < -0.4 is 10.2 Å². The Kier molecular flexibility index (Phi) is 9.12. The van der Waals surface area contributed by atoms with Crippen LogP contribution >= 0.6 is 11.6 Å². The molecular formula is C26H30ClF5N4O2. The fourth-order valence-corrected chi connectivity index (χ4v) is 5.03. The number of carbonyl (C=O) groups is 1. The minimum absolute atomic E-state index is 0.0876. The van der Waals surface area contributed by atoms with Gasteiger partial charge in [-0.1, -0.05) is 17.7 Å². The highest BCUT2D eigenvalue weighted by Gasteiger charge is 2.29. The number of hydrogen-bond acceptors (Lipinski definition) is 5. The summed E-state index contributed by atoms with van der Waals surface area (Å²) < 4.78 is 67.5. The number of halogens is 6. The molecule has 0 saturated carbocycles. The number of nitrogens with zero attached hydrogens (tertiary/aromatic N) is 3. The zero-order valence-corrected chi connectivity index (χ0v) is 21.5. The van der Waals surface area contributed by atoms with E-state index in [-0.39, 0.29) is 18.7 Å². The summed E-state index contributed by atoms with van der Waals surface area (Å²) in [6, 6.07) is 7.33. The summed E-state index contributed by atoms with van der Waals surface area (Å²) in [5.74, 6) is -3.20. The van der Waals surface area contributed by atoms with Crippen LogP contribution in [-0.2, 0) is 6.54 Å². The first kappa shape index (κ1) is 28.5. The molecule has 208 valence electrons. The molecular weight excluding hydrogens is 531 g/mol. The fraction of sp³-hybridized carbons (Fsp3) is 0.500. The van der Waals surface area contributed by atoms with Crippen molar-refractivity contribution in [2.24, 2.45) is 0 Å². The minimum atomic E-state index is -4.22. The molecule has 2 N–H and O–H groups in total. The van der Waals surface area contributed by atoms with Crippen molar-refractivity contribution in [3.63, 3.8) is 0 Å². The number of piperidine rings is 1. The van der Waals surface area contributed by atoms with Crippen LogP contribution in [0.4, 0.5) is 33.3 Å². The number of piperazine rings is 1. The van der Waals surface area contributed by atoms with Crippen molar-refractivity contribution in [2.75, 3.05) is 56.0 Å². The second-order valence-electron chi connectivity index (χ2n) is 9.74. The molecule has 2 aliphatic heterocycles. The van der Waals surface area contributed by atoms with E-state index < -0.39 is 41.8 Å². The van der Waals surface area contributed by atoms with Crippen LogP contribution in [0.5, 0.6) is 0 Å². The molecule has 2 aromatic carbocycles. The summed E-state index contributed by atoms with van der Waals surface area (Å²) in [6.45, 7) is 2.67. The average molecular weight is 561 g/mol. The van der Waals surface area contributed by atoms with E-state index in [2.05, 4.69) is 5.32 Å². The Morgan fingerprint density at radius 1 is 1.03 bits per heavy atom. The Hall–Kier alpha value is -2.47. The number of rotatable bonds is 7. The van der Waals surface area contributed by atoms with Crippen molar-refractivity contribution in [1.82, 2.24) is 9.80 Å². The standard InChI is InChI=1S/C26H30ClF5N4O2/c27-18-4-6-21(22(14-18)36-12-10-34(11-13-36)9-7-26(30,31)32)33-25(38)20-5-3-17(23(28)24(20)29)15-35-8-1-2-19(37)16-35/h3-6,14,19,37H,1-2,7-13,15-16H2,(H,33,38)/t19-/m1/s1. The van der Waals surface area contributed by atoms with Gasteiger partial charge in [-0.2, -0.15) is 13.2 Å². The van der Waals surface area contributed by atoms with Crippen molar-refractivity contribution in [1.29, 1.82) is 0 Å². The number of nitrogens with one attached hydrogen (secondary N) is 1. The molecule has 1 amide bonds. The smallest absolute Gasteiger partial charge is 0.390 e. The van der Waals surface area contributed by atoms with Gasteiger partial charge in [0.25, 0.3) is 5.91 Å². The minimum Gasteiger partial charge on any atom is -0.392 e. The molecule has 0 radical (unpaired) electrons. The van der Waals surface area contributed by atoms with Gasteiger partial charge in [-0.15, -0.1) is 0 Å². The van der Waals surface area contributed by atoms with Crippen LogP contribution in [0.15, 0.2) is 30.3 Å². The lowest BCUT2D eigenvalue weighted by Crippen LogP contribution is -2.47. The number of likely N-dealkylation sites (tertiary alicyclic amines) is 1. The number of benzene rings is 2. The van der Waals surface area contributed by atoms with E-state index in [1.807, 2.05) is 9.80 Å². The van der Waals surface area contributed by atoms with Crippen LogP contribution in [0.3, 0.4) is 0 Å². The first-order valence-electron chi connectivity index (χ1n) is 12.5. The summed E-state index contributed by atoms with van der Waals surface area (Å²) in [7, 11) is 0. The van der Waals surface area contributed by atoms with Crippen molar-refractivity contribution in [3.05, 3.63) is 58.1 Å². The third kappa shape index (κ3) is 7.34. The highest BCUT2D eigenvalue weighted by Crippen LogP contribution is 2.31. The number of alkyl halides is 3. The van der Waals surface area contributed by atoms with Crippen molar-refractivity contribution < 1.29 is 31.9 Å². The fourth-order valence-electron chi connectivity index (χ4n) is 4.86. The second-order valence-corrected chi connectivity index (χ2v) is 10.2. The second kappa shape index (κ2) is 12.1. The van der Waals surface area contributed by atoms with Gasteiger partial charge in [0.15, 0.2) is 11.6 Å². The van der Waals surface area contributed by atoms with Crippen molar-refractivity contribution in [2.45, 2.75) is 38.1 Å². The molecule has 2 heterocycles. The molecule has 12 heteroatoms. The summed E-state index contributed by atoms with van der Waals surface area (Å²) in [4.78, 5) is 18.4. The Morgan fingerprint density at radius 3 is 2.45 bits per heavy atom. The maximum Gasteiger partial charge on any atom is 0.390 e. The summed E-state index contributed by atoms with van der Waals surface area (Å²) >= 11 is 6.17. The van der Waals surface area contributed by atoms with Gasteiger partial charge in [0.2, 0.25) is 0 Å². The van der Waals surface area contributed by atoms with Gasteiger partial charge in [0.1, 0.15) is 0 Å². The van der Waals surface area contributed by atoms with Gasteiger partial charge < -0.3 is 15.3 Å². The Morgan fingerprint density at radius 2 is 1.76 bits per heavy atom. The van der Waals surface area contributed by atoms with Gasteiger partial charge in [0, 0.05) is 56.4 Å². The Balaban J connectivity index is 1.44. The van der Waals surface area contributed by atoms with Gasteiger partial charge in [-0.3, -0.25) is 14.6 Å². The van der Waals surface area contributed by atoms with Gasteiger partial charge in [-0.25, -0.2) is 8.78 Å². The first-order valence-corrected chi connectivity index (χ1v) is 12.9. The first-order chi connectivity index (χ1) is 18.0. The number of aliphatic hydroxyl groups is 1. The monoisotopic (exact) mass is 560 g/mol. The number of aliphatic hydroxyl groups excluding tert-OH is 1. The number of β-amino-alcohol motifs (C(OH)–C–C–N with tert-alkyl or cyclic N) is 1. The van der Waals surface area contributed by atoms with Crippen LogP contribution in [-0.4, -0.2) is 78.9 Å². The molecule has 1 atom stereocenters. The lowest BCUT2D eigenvalue weighted by molar-refractivity contribution is -0.138. The lowest BCUT2D eigenvalue weighted by Gasteiger charge is -2.37. The third-order valence-electron chi connectivity index (χ3n) is 6.91. The van der Waals surface area contributed by atoms with Crippen LogP contribution in [0.1, 0.15) is 35.2 Å². The largest absolute Gasteiger partial charge is 0.392 e. The zero-order valence-electron chi connectivity index (χ0n) is 20.7. The van der Waals surface area contributed by atoms with Gasteiger partial charge >= 0.3 is 6.18 Å². The number of carbonyl (C=O) groups excluding carboxylic acids is 1. The molecule has 2 aliphatic rings. The van der Waals surface area contributed by atoms with E-state index in [9.17, 15) is 31.9 Å². The van der Waals surface area contributed by atoms with E-state index in [4.69, 9.17) is 11.6 Å². The summed E-state index contributed by atoms with van der Waals surface area (Å²) in [5.41, 5.74) is 0.517. The number of amides is 1. The highest BCUT2D eigenvalue weighted by molar-refractivity contribution is 6.31. The Labute approximate surface area is 223 Å². The van der Waals surface area contributed by atoms with Gasteiger partial charge in [-0.05, 0) is 43.7 Å². The lowest BCUT2D eigenvalue weighted by atomic mass is 10.1. The molecule has 4 rings (SSSR count). The predicted molar refractivity (Wildman–Crippen MR) is 136 cm³/mol. The quantitative estimate of drug-likeness (QED) is 0.472. The predicted octanol–water partition coefficient (Wildman–Crippen LogP) is 4.90. The SMILES string of the molecule is O=C(Nc1ccc(Cl)cc1N1CCN(CCC(F)(F)F)CC1)c1ccc(CN2CCC[C@@H](O)C2)c(F)c1F. The van der Waals surface area contributed by atoms with Crippen molar-refractivity contribution >= 4 is 28.9 Å². The van der Waals surface area contributed by atoms with Crippen LogP contribution in [0.25, 0.3) is 0 Å². The summed E-state index contributed by atoms with van der Waals surface area (Å²) in [6.07, 6.45) is -4.17. The highest BCUT2D eigenvalue weighted by atomic mass is 35.5. The molecule has 0 aromatic heterocycles. The van der Waals surface area contributed by atoms with Crippen molar-refractivity contribution in [3.8, 4) is 0 Å². The molecule has 2 fully saturated rings. The van der Waals surface area contributed by atoms with Crippen LogP contribution in [0, 0.1) is 11.6 Å².